The van der Waals surface area contributed by atoms with Gasteiger partial charge in [0.05, 0.1) is 11.8 Å². The number of carboxylic acid groups (broad SMARTS) is 1. The third-order valence-electron chi connectivity index (χ3n) is 5.24. The molecule has 0 saturated heterocycles. The summed E-state index contributed by atoms with van der Waals surface area (Å²) in [7, 11) is 0. The lowest BCUT2D eigenvalue weighted by molar-refractivity contribution is -0.153. The van der Waals surface area contributed by atoms with Crippen LogP contribution in [0.4, 0.5) is 0 Å². The van der Waals surface area contributed by atoms with Crippen LogP contribution in [-0.2, 0) is 27.3 Å². The molecule has 0 radical (unpaired) electrons. The Morgan fingerprint density at radius 3 is 2.76 bits per heavy atom. The molecule has 3 unspecified atom stereocenters. The van der Waals surface area contributed by atoms with E-state index in [-0.39, 0.29) is 11.8 Å². The molecule has 0 spiro atoms. The SMILES string of the molecule is CCCC(NC(=O)C1CCC1C(=O)O)C(=O)N1CCc2sccc2C1. The maximum Gasteiger partial charge on any atom is 0.307 e. The normalized spacial score (nSPS) is 23.3. The molecule has 1 aliphatic carbocycles. The lowest BCUT2D eigenvalue weighted by Crippen LogP contribution is -2.53. The summed E-state index contributed by atoms with van der Waals surface area (Å²) < 4.78 is 0. The van der Waals surface area contributed by atoms with Gasteiger partial charge in [-0.05, 0) is 42.7 Å². The van der Waals surface area contributed by atoms with Gasteiger partial charge in [-0.1, -0.05) is 13.3 Å². The van der Waals surface area contributed by atoms with Crippen LogP contribution in [0.3, 0.4) is 0 Å². The second-order valence-electron chi connectivity index (χ2n) is 6.86. The van der Waals surface area contributed by atoms with E-state index in [4.69, 9.17) is 5.11 Å². The molecule has 6 nitrogen and oxygen atoms in total. The molecular weight excluding hydrogens is 340 g/mol. The number of carboxylic acids is 1. The van der Waals surface area contributed by atoms with Crippen molar-refractivity contribution >= 4 is 29.1 Å². The van der Waals surface area contributed by atoms with E-state index in [1.165, 1.54) is 10.4 Å². The minimum Gasteiger partial charge on any atom is -0.481 e. The van der Waals surface area contributed by atoms with Gasteiger partial charge in [0.25, 0.3) is 0 Å². The van der Waals surface area contributed by atoms with Gasteiger partial charge >= 0.3 is 5.97 Å². The summed E-state index contributed by atoms with van der Waals surface area (Å²) in [5.41, 5.74) is 1.19. The number of amides is 2. The first-order valence-electron chi connectivity index (χ1n) is 8.88. The minimum absolute atomic E-state index is 0.0572. The Hall–Kier alpha value is -1.89. The molecule has 136 valence electrons. The van der Waals surface area contributed by atoms with E-state index in [9.17, 15) is 14.4 Å². The van der Waals surface area contributed by atoms with E-state index in [0.717, 1.165) is 12.8 Å². The van der Waals surface area contributed by atoms with Gasteiger partial charge in [-0.15, -0.1) is 11.3 Å². The maximum absolute atomic E-state index is 12.9. The number of hydrogen-bond acceptors (Lipinski definition) is 4. The molecule has 1 fully saturated rings. The molecule has 25 heavy (non-hydrogen) atoms. The van der Waals surface area contributed by atoms with Crippen molar-refractivity contribution in [1.82, 2.24) is 10.2 Å². The van der Waals surface area contributed by atoms with Crippen molar-refractivity contribution in [2.24, 2.45) is 11.8 Å². The fourth-order valence-corrected chi connectivity index (χ4v) is 4.48. The third-order valence-corrected chi connectivity index (χ3v) is 6.26. The standard InChI is InChI=1S/C18H24N2O4S/c1-2-3-14(19-16(21)12-4-5-13(12)18(23)24)17(22)20-8-6-15-11(10-20)7-9-25-15/h7,9,12-14H,2-6,8,10H2,1H3,(H,19,21)(H,23,24). The van der Waals surface area contributed by atoms with Crippen LogP contribution in [0.15, 0.2) is 11.4 Å². The summed E-state index contributed by atoms with van der Waals surface area (Å²) in [6.07, 6.45) is 3.32. The fourth-order valence-electron chi connectivity index (χ4n) is 3.59. The molecular formula is C18H24N2O4S. The van der Waals surface area contributed by atoms with Gasteiger partial charge in [-0.25, -0.2) is 0 Å². The Kier molecular flexibility index (Phi) is 5.42. The van der Waals surface area contributed by atoms with Gasteiger partial charge in [0.2, 0.25) is 11.8 Å². The van der Waals surface area contributed by atoms with E-state index >= 15 is 0 Å². The Bertz CT molecular complexity index is 672. The van der Waals surface area contributed by atoms with Crippen molar-refractivity contribution in [3.05, 3.63) is 21.9 Å². The third kappa shape index (κ3) is 3.71. The highest BCUT2D eigenvalue weighted by atomic mass is 32.1. The number of rotatable bonds is 6. The molecule has 0 bridgehead atoms. The maximum atomic E-state index is 12.9. The zero-order chi connectivity index (χ0) is 18.0. The Morgan fingerprint density at radius 1 is 1.36 bits per heavy atom. The molecule has 1 saturated carbocycles. The number of hydrogen-bond donors (Lipinski definition) is 2. The molecule has 2 heterocycles. The molecule has 1 aromatic rings. The molecule has 3 rings (SSSR count). The predicted molar refractivity (Wildman–Crippen MR) is 94.1 cm³/mol. The van der Waals surface area contributed by atoms with Crippen molar-refractivity contribution < 1.29 is 19.5 Å². The Morgan fingerprint density at radius 2 is 2.12 bits per heavy atom. The molecule has 2 N–H and O–H groups in total. The molecule has 1 aromatic heterocycles. The van der Waals surface area contributed by atoms with Crippen LogP contribution in [0.25, 0.3) is 0 Å². The van der Waals surface area contributed by atoms with E-state index < -0.39 is 23.8 Å². The first-order valence-corrected chi connectivity index (χ1v) is 9.76. The van der Waals surface area contributed by atoms with Crippen molar-refractivity contribution in [2.45, 2.75) is 51.6 Å². The van der Waals surface area contributed by atoms with Crippen molar-refractivity contribution in [3.8, 4) is 0 Å². The highest BCUT2D eigenvalue weighted by Crippen LogP contribution is 2.34. The lowest BCUT2D eigenvalue weighted by Gasteiger charge is -2.35. The Balaban J connectivity index is 1.63. The number of thiophene rings is 1. The zero-order valence-corrected chi connectivity index (χ0v) is 15.2. The number of nitrogens with one attached hydrogen (secondary N) is 1. The van der Waals surface area contributed by atoms with Gasteiger partial charge in [0.1, 0.15) is 6.04 Å². The zero-order valence-electron chi connectivity index (χ0n) is 14.4. The van der Waals surface area contributed by atoms with Crippen LogP contribution < -0.4 is 5.32 Å². The largest absolute Gasteiger partial charge is 0.481 e. The fraction of sp³-hybridized carbons (Fsp3) is 0.611. The first-order chi connectivity index (χ1) is 12.0. The van der Waals surface area contributed by atoms with E-state index in [1.54, 1.807) is 11.3 Å². The average Bonchev–Trinajstić information content (AvgIpc) is 2.99. The summed E-state index contributed by atoms with van der Waals surface area (Å²) in [6.45, 7) is 3.24. The van der Waals surface area contributed by atoms with Crippen molar-refractivity contribution in [3.63, 3.8) is 0 Å². The Labute approximate surface area is 151 Å². The summed E-state index contributed by atoms with van der Waals surface area (Å²) in [5, 5.41) is 14.0. The van der Waals surface area contributed by atoms with Gasteiger partial charge in [-0.2, -0.15) is 0 Å². The number of fused-ring (bicyclic) bond motifs is 1. The summed E-state index contributed by atoms with van der Waals surface area (Å²) in [6, 6.07) is 1.49. The van der Waals surface area contributed by atoms with E-state index in [1.807, 2.05) is 17.2 Å². The average molecular weight is 364 g/mol. The van der Waals surface area contributed by atoms with Crippen LogP contribution in [0, 0.1) is 11.8 Å². The summed E-state index contributed by atoms with van der Waals surface area (Å²) >= 11 is 1.72. The predicted octanol–water partition coefficient (Wildman–Crippen LogP) is 2.03. The quantitative estimate of drug-likeness (QED) is 0.809. The van der Waals surface area contributed by atoms with E-state index in [2.05, 4.69) is 11.4 Å². The molecule has 1 aliphatic heterocycles. The second kappa shape index (κ2) is 7.56. The number of nitrogens with zero attached hydrogens (tertiary/aromatic N) is 1. The van der Waals surface area contributed by atoms with Gasteiger partial charge in [0.15, 0.2) is 0 Å². The first kappa shape index (κ1) is 17.9. The minimum atomic E-state index is -0.925. The molecule has 0 aromatic carbocycles. The van der Waals surface area contributed by atoms with Gasteiger partial charge < -0.3 is 15.3 Å². The van der Waals surface area contributed by atoms with Crippen LogP contribution >= 0.6 is 11.3 Å². The summed E-state index contributed by atoms with van der Waals surface area (Å²) in [4.78, 5) is 39.6. The second-order valence-corrected chi connectivity index (χ2v) is 7.86. The molecule has 2 amide bonds. The highest BCUT2D eigenvalue weighted by molar-refractivity contribution is 7.10. The van der Waals surface area contributed by atoms with Crippen molar-refractivity contribution in [2.75, 3.05) is 6.54 Å². The van der Waals surface area contributed by atoms with Gasteiger partial charge in [0, 0.05) is 18.0 Å². The van der Waals surface area contributed by atoms with Crippen molar-refractivity contribution in [1.29, 1.82) is 0 Å². The number of carbonyl (C=O) groups is 3. The molecule has 7 heteroatoms. The summed E-state index contributed by atoms with van der Waals surface area (Å²) in [5.74, 6) is -2.39. The molecule has 3 atom stereocenters. The number of aliphatic carboxylic acids is 1. The smallest absolute Gasteiger partial charge is 0.307 e. The highest BCUT2D eigenvalue weighted by Gasteiger charge is 2.42. The van der Waals surface area contributed by atoms with Crippen LogP contribution in [0.5, 0.6) is 0 Å². The number of carbonyl (C=O) groups excluding carboxylic acids is 2. The molecule has 2 aliphatic rings. The van der Waals surface area contributed by atoms with E-state index in [0.29, 0.717) is 32.4 Å². The van der Waals surface area contributed by atoms with Crippen LogP contribution in [0.1, 0.15) is 43.0 Å². The van der Waals surface area contributed by atoms with Crippen LogP contribution in [-0.4, -0.2) is 40.4 Å². The van der Waals surface area contributed by atoms with Gasteiger partial charge in [-0.3, -0.25) is 14.4 Å². The van der Waals surface area contributed by atoms with Crippen LogP contribution in [0.2, 0.25) is 0 Å². The lowest BCUT2D eigenvalue weighted by atomic mass is 9.73. The monoisotopic (exact) mass is 364 g/mol. The topological polar surface area (TPSA) is 86.7 Å².